The van der Waals surface area contributed by atoms with Crippen LogP contribution in [0.3, 0.4) is 0 Å². The molecule has 4 rings (SSSR count). The monoisotopic (exact) mass is 411 g/mol. The molecule has 1 N–H and O–H groups in total. The summed E-state index contributed by atoms with van der Waals surface area (Å²) in [6, 6.07) is 25.5. The van der Waals surface area contributed by atoms with Gasteiger partial charge in [0.25, 0.3) is 5.91 Å². The lowest BCUT2D eigenvalue weighted by atomic mass is 10.2. The van der Waals surface area contributed by atoms with Crippen molar-refractivity contribution in [3.63, 3.8) is 0 Å². The first-order chi connectivity index (χ1) is 15.1. The predicted molar refractivity (Wildman–Crippen MR) is 125 cm³/mol. The summed E-state index contributed by atoms with van der Waals surface area (Å²) in [7, 11) is 0. The van der Waals surface area contributed by atoms with E-state index in [1.54, 1.807) is 18.3 Å². The van der Waals surface area contributed by atoms with Gasteiger partial charge in [-0.1, -0.05) is 60.7 Å². The molecule has 156 valence electrons. The molecule has 0 atom stereocenters. The van der Waals surface area contributed by atoms with Crippen molar-refractivity contribution in [2.24, 2.45) is 5.10 Å². The van der Waals surface area contributed by atoms with Crippen molar-refractivity contribution < 1.29 is 9.53 Å². The quantitative estimate of drug-likeness (QED) is 0.319. The van der Waals surface area contributed by atoms with Gasteiger partial charge in [-0.25, -0.2) is 5.43 Å². The zero-order valence-electron chi connectivity index (χ0n) is 17.7. The number of para-hydroxylation sites is 2. The third-order valence-electron chi connectivity index (χ3n) is 5.07. The van der Waals surface area contributed by atoms with Crippen molar-refractivity contribution in [2.45, 2.75) is 26.5 Å². The molecule has 0 bridgehead atoms. The fraction of sp³-hybridized carbons (Fsp3) is 0.154. The third-order valence-corrected chi connectivity index (χ3v) is 5.07. The van der Waals surface area contributed by atoms with E-state index in [0.29, 0.717) is 24.0 Å². The normalized spacial score (nSPS) is 11.3. The number of benzene rings is 3. The second-order valence-corrected chi connectivity index (χ2v) is 7.57. The molecule has 1 amide bonds. The molecule has 0 fully saturated rings. The van der Waals surface area contributed by atoms with Crippen molar-refractivity contribution in [1.82, 2.24) is 9.99 Å². The van der Waals surface area contributed by atoms with Crippen LogP contribution in [0.25, 0.3) is 10.9 Å². The van der Waals surface area contributed by atoms with Crippen LogP contribution in [0.4, 0.5) is 0 Å². The van der Waals surface area contributed by atoms with Crippen LogP contribution in [0.2, 0.25) is 0 Å². The van der Waals surface area contributed by atoms with Crippen molar-refractivity contribution in [3.8, 4) is 5.75 Å². The Bertz CT molecular complexity index is 1210. The van der Waals surface area contributed by atoms with Crippen LogP contribution in [0.5, 0.6) is 5.75 Å². The van der Waals surface area contributed by atoms with Gasteiger partial charge in [0, 0.05) is 28.7 Å². The lowest BCUT2D eigenvalue weighted by Crippen LogP contribution is -2.18. The van der Waals surface area contributed by atoms with Gasteiger partial charge in [0.2, 0.25) is 0 Å². The summed E-state index contributed by atoms with van der Waals surface area (Å²) in [5.41, 5.74) is 6.21. The molecule has 0 saturated carbocycles. The van der Waals surface area contributed by atoms with E-state index in [4.69, 9.17) is 4.74 Å². The Kier molecular flexibility index (Phi) is 6.13. The summed E-state index contributed by atoms with van der Waals surface area (Å²) in [6.45, 7) is 4.67. The SMILES string of the molecule is CC(C)n1cc(/C=N/NC(=O)c2ccccc2OCc2ccccc2)c2ccccc21. The van der Waals surface area contributed by atoms with E-state index in [-0.39, 0.29) is 5.91 Å². The van der Waals surface area contributed by atoms with Crippen LogP contribution in [0, 0.1) is 0 Å². The van der Waals surface area contributed by atoms with Gasteiger partial charge in [0.05, 0.1) is 11.8 Å². The average molecular weight is 412 g/mol. The molecule has 0 radical (unpaired) electrons. The molecule has 0 unspecified atom stereocenters. The van der Waals surface area contributed by atoms with Crippen LogP contribution in [-0.4, -0.2) is 16.7 Å². The second kappa shape index (κ2) is 9.30. The first kappa shape index (κ1) is 20.4. The number of fused-ring (bicyclic) bond motifs is 1. The van der Waals surface area contributed by atoms with Crippen molar-refractivity contribution in [3.05, 3.63) is 102 Å². The van der Waals surface area contributed by atoms with Gasteiger partial charge in [-0.2, -0.15) is 5.10 Å². The van der Waals surface area contributed by atoms with E-state index in [1.807, 2.05) is 54.6 Å². The van der Waals surface area contributed by atoms with Gasteiger partial charge in [-0.3, -0.25) is 4.79 Å². The lowest BCUT2D eigenvalue weighted by Gasteiger charge is -2.10. The predicted octanol–water partition coefficient (Wildman–Crippen LogP) is 5.57. The van der Waals surface area contributed by atoms with Crippen LogP contribution in [0.1, 0.15) is 41.4 Å². The number of nitrogens with zero attached hydrogens (tertiary/aromatic N) is 2. The average Bonchev–Trinajstić information content (AvgIpc) is 3.18. The Morgan fingerprint density at radius 2 is 1.71 bits per heavy atom. The number of hydrazone groups is 1. The highest BCUT2D eigenvalue weighted by Gasteiger charge is 2.12. The molecule has 1 heterocycles. The molecular formula is C26H25N3O2. The highest BCUT2D eigenvalue weighted by atomic mass is 16.5. The van der Waals surface area contributed by atoms with Crippen molar-refractivity contribution in [2.75, 3.05) is 0 Å². The van der Waals surface area contributed by atoms with Crippen molar-refractivity contribution >= 4 is 23.0 Å². The molecule has 0 aliphatic heterocycles. The minimum Gasteiger partial charge on any atom is -0.488 e. The number of nitrogens with one attached hydrogen (secondary N) is 1. The summed E-state index contributed by atoms with van der Waals surface area (Å²) < 4.78 is 8.08. The van der Waals surface area contributed by atoms with E-state index in [1.165, 1.54) is 0 Å². The summed E-state index contributed by atoms with van der Waals surface area (Å²) >= 11 is 0. The number of hydrogen-bond acceptors (Lipinski definition) is 3. The molecule has 3 aromatic carbocycles. The maximum Gasteiger partial charge on any atom is 0.275 e. The highest BCUT2D eigenvalue weighted by Crippen LogP contribution is 2.23. The largest absolute Gasteiger partial charge is 0.488 e. The van der Waals surface area contributed by atoms with E-state index >= 15 is 0 Å². The Morgan fingerprint density at radius 3 is 2.52 bits per heavy atom. The van der Waals surface area contributed by atoms with Gasteiger partial charge >= 0.3 is 0 Å². The van der Waals surface area contributed by atoms with E-state index in [9.17, 15) is 4.79 Å². The number of carbonyl (C=O) groups excluding carboxylic acids is 1. The van der Waals surface area contributed by atoms with E-state index in [0.717, 1.165) is 22.0 Å². The molecule has 31 heavy (non-hydrogen) atoms. The molecule has 1 aromatic heterocycles. The Labute approximate surface area is 182 Å². The fourth-order valence-corrected chi connectivity index (χ4v) is 3.50. The number of carbonyl (C=O) groups is 1. The maximum atomic E-state index is 12.7. The maximum absolute atomic E-state index is 12.7. The van der Waals surface area contributed by atoms with E-state index in [2.05, 4.69) is 47.3 Å². The minimum absolute atomic E-state index is 0.312. The number of hydrogen-bond donors (Lipinski definition) is 1. The molecule has 0 aliphatic rings. The van der Waals surface area contributed by atoms with Gasteiger partial charge in [-0.05, 0) is 37.6 Å². The first-order valence-corrected chi connectivity index (χ1v) is 10.3. The fourth-order valence-electron chi connectivity index (χ4n) is 3.50. The molecule has 0 spiro atoms. The molecule has 0 aliphatic carbocycles. The summed E-state index contributed by atoms with van der Waals surface area (Å²) in [5.74, 6) is 0.211. The standard InChI is InChI=1S/C26H25N3O2/c1-19(2)29-17-21(22-12-6-8-14-24(22)29)16-27-28-26(30)23-13-7-9-15-25(23)31-18-20-10-4-3-5-11-20/h3-17,19H,18H2,1-2H3,(H,28,30)/b27-16+. The number of aromatic nitrogens is 1. The molecule has 4 aromatic rings. The van der Waals surface area contributed by atoms with Gasteiger partial charge in [-0.15, -0.1) is 0 Å². The topological polar surface area (TPSA) is 55.6 Å². The van der Waals surface area contributed by atoms with Gasteiger partial charge in [0.15, 0.2) is 0 Å². The first-order valence-electron chi connectivity index (χ1n) is 10.3. The Balaban J connectivity index is 1.48. The van der Waals surface area contributed by atoms with Crippen LogP contribution in [0.15, 0.2) is 90.2 Å². The van der Waals surface area contributed by atoms with Crippen LogP contribution >= 0.6 is 0 Å². The Hall–Kier alpha value is -3.86. The molecule has 0 saturated heterocycles. The number of amides is 1. The highest BCUT2D eigenvalue weighted by molar-refractivity contribution is 6.01. The zero-order chi connectivity index (χ0) is 21.6. The summed E-state index contributed by atoms with van der Waals surface area (Å²) in [4.78, 5) is 12.7. The smallest absolute Gasteiger partial charge is 0.275 e. The van der Waals surface area contributed by atoms with Gasteiger partial charge in [0.1, 0.15) is 12.4 Å². The number of ether oxygens (including phenoxy) is 1. The van der Waals surface area contributed by atoms with Crippen LogP contribution < -0.4 is 10.2 Å². The number of rotatable bonds is 7. The lowest BCUT2D eigenvalue weighted by molar-refractivity contribution is 0.0950. The summed E-state index contributed by atoms with van der Waals surface area (Å²) in [6.07, 6.45) is 3.74. The third kappa shape index (κ3) is 4.67. The molecule has 5 nitrogen and oxygen atoms in total. The van der Waals surface area contributed by atoms with E-state index < -0.39 is 0 Å². The second-order valence-electron chi connectivity index (χ2n) is 7.57. The summed E-state index contributed by atoms with van der Waals surface area (Å²) in [5, 5.41) is 5.30. The van der Waals surface area contributed by atoms with Gasteiger partial charge < -0.3 is 9.30 Å². The Morgan fingerprint density at radius 1 is 1.00 bits per heavy atom. The molecular weight excluding hydrogens is 386 g/mol. The zero-order valence-corrected chi connectivity index (χ0v) is 17.7. The van der Waals surface area contributed by atoms with Crippen LogP contribution in [-0.2, 0) is 6.61 Å². The molecule has 5 heteroatoms. The van der Waals surface area contributed by atoms with Crippen molar-refractivity contribution in [1.29, 1.82) is 0 Å². The minimum atomic E-state index is -0.312.